The summed E-state index contributed by atoms with van der Waals surface area (Å²) in [7, 11) is 0. The molecule has 1 N–H and O–H groups in total. The highest BCUT2D eigenvalue weighted by molar-refractivity contribution is 9.10. The van der Waals surface area contributed by atoms with Crippen LogP contribution in [0.2, 0.25) is 0 Å². The summed E-state index contributed by atoms with van der Waals surface area (Å²) in [5.41, 5.74) is 0.244. The zero-order chi connectivity index (χ0) is 13.3. The molecule has 0 spiro atoms. The van der Waals surface area contributed by atoms with E-state index in [0.717, 1.165) is 20.8 Å². The molecule has 1 heterocycles. The number of aliphatic carboxylic acids is 1. The number of hydrogen-bond acceptors (Lipinski definition) is 2. The molecule has 0 unspecified atom stereocenters. The van der Waals surface area contributed by atoms with E-state index < -0.39 is 11.4 Å². The second kappa shape index (κ2) is 4.69. The quantitative estimate of drug-likeness (QED) is 0.941. The molecule has 0 radical (unpaired) electrons. The van der Waals surface area contributed by atoms with Gasteiger partial charge in [-0.2, -0.15) is 0 Å². The maximum Gasteiger partial charge on any atom is 0.309 e. The summed E-state index contributed by atoms with van der Waals surface area (Å²) in [6, 6.07) is 5.92. The molecule has 2 aromatic rings. The molecular formula is C14H14BrNO2. The van der Waals surface area contributed by atoms with Crippen LogP contribution in [-0.2, 0) is 11.2 Å². The lowest BCUT2D eigenvalue weighted by atomic mass is 9.85. The molecule has 0 fully saturated rings. The standard InChI is InChI=1S/C14H14BrNO2/c1-14(2,13(17)18)7-9-5-10-3-4-16-8-11(10)12(15)6-9/h3-6,8H,7H2,1-2H3,(H,17,18). The van der Waals surface area contributed by atoms with E-state index in [4.69, 9.17) is 5.11 Å². The first-order valence-electron chi connectivity index (χ1n) is 5.66. The molecule has 94 valence electrons. The minimum absolute atomic E-state index is 0.499. The molecule has 0 saturated heterocycles. The first-order valence-corrected chi connectivity index (χ1v) is 6.45. The van der Waals surface area contributed by atoms with Gasteiger partial charge in [-0.05, 0) is 43.4 Å². The Morgan fingerprint density at radius 3 is 2.83 bits per heavy atom. The average Bonchev–Trinajstić information content (AvgIpc) is 2.28. The molecule has 0 aliphatic rings. The second-order valence-corrected chi connectivity index (χ2v) is 5.89. The Kier molecular flexibility index (Phi) is 3.39. The molecule has 0 saturated carbocycles. The number of aromatic nitrogens is 1. The van der Waals surface area contributed by atoms with Crippen LogP contribution in [-0.4, -0.2) is 16.1 Å². The van der Waals surface area contributed by atoms with Crippen LogP contribution in [0.25, 0.3) is 10.8 Å². The van der Waals surface area contributed by atoms with Gasteiger partial charge in [0.25, 0.3) is 0 Å². The Bertz CT molecular complexity index is 608. The first-order chi connectivity index (χ1) is 8.40. The highest BCUT2D eigenvalue weighted by Gasteiger charge is 2.27. The van der Waals surface area contributed by atoms with Gasteiger partial charge in [0.05, 0.1) is 5.41 Å². The Morgan fingerprint density at radius 2 is 2.17 bits per heavy atom. The van der Waals surface area contributed by atoms with Crippen molar-refractivity contribution in [1.29, 1.82) is 0 Å². The number of nitrogens with zero attached hydrogens (tertiary/aromatic N) is 1. The predicted molar refractivity (Wildman–Crippen MR) is 74.6 cm³/mol. The van der Waals surface area contributed by atoms with E-state index in [1.807, 2.05) is 18.2 Å². The predicted octanol–water partition coefficient (Wildman–Crippen LogP) is 3.65. The lowest BCUT2D eigenvalue weighted by molar-refractivity contribution is -0.146. The van der Waals surface area contributed by atoms with Gasteiger partial charge in [-0.25, -0.2) is 0 Å². The number of carboxylic acids is 1. The minimum atomic E-state index is -0.784. The normalized spacial score (nSPS) is 11.7. The Balaban J connectivity index is 2.44. The van der Waals surface area contributed by atoms with Crippen LogP contribution in [0.4, 0.5) is 0 Å². The zero-order valence-corrected chi connectivity index (χ0v) is 11.9. The van der Waals surface area contributed by atoms with Crippen molar-refractivity contribution in [3.63, 3.8) is 0 Å². The molecule has 2 rings (SSSR count). The van der Waals surface area contributed by atoms with Crippen molar-refractivity contribution < 1.29 is 9.90 Å². The molecule has 0 aliphatic carbocycles. The number of halogens is 1. The van der Waals surface area contributed by atoms with Crippen molar-refractivity contribution in [3.8, 4) is 0 Å². The van der Waals surface area contributed by atoms with Crippen molar-refractivity contribution in [1.82, 2.24) is 4.98 Å². The summed E-state index contributed by atoms with van der Waals surface area (Å²) < 4.78 is 0.948. The van der Waals surface area contributed by atoms with E-state index in [-0.39, 0.29) is 0 Å². The second-order valence-electron chi connectivity index (χ2n) is 5.04. The van der Waals surface area contributed by atoms with Crippen molar-refractivity contribution in [2.24, 2.45) is 5.41 Å². The fourth-order valence-electron chi connectivity index (χ4n) is 1.90. The summed E-state index contributed by atoms with van der Waals surface area (Å²) >= 11 is 3.50. The van der Waals surface area contributed by atoms with Gasteiger partial charge in [0.15, 0.2) is 0 Å². The summed E-state index contributed by atoms with van der Waals surface area (Å²) in [5.74, 6) is -0.784. The lowest BCUT2D eigenvalue weighted by Gasteiger charge is -2.19. The Labute approximate surface area is 114 Å². The fraction of sp³-hybridized carbons (Fsp3) is 0.286. The minimum Gasteiger partial charge on any atom is -0.481 e. The SMILES string of the molecule is CC(C)(Cc1cc(Br)c2cnccc2c1)C(=O)O. The number of rotatable bonds is 3. The third kappa shape index (κ3) is 2.53. The summed E-state index contributed by atoms with van der Waals surface area (Å²) in [5, 5.41) is 11.3. The number of carbonyl (C=O) groups is 1. The van der Waals surface area contributed by atoms with Crippen LogP contribution < -0.4 is 0 Å². The van der Waals surface area contributed by atoms with Crippen molar-refractivity contribution in [3.05, 3.63) is 40.6 Å². The number of fused-ring (bicyclic) bond motifs is 1. The highest BCUT2D eigenvalue weighted by atomic mass is 79.9. The van der Waals surface area contributed by atoms with Gasteiger partial charge in [-0.3, -0.25) is 9.78 Å². The molecule has 0 aliphatic heterocycles. The van der Waals surface area contributed by atoms with Gasteiger partial charge in [0.2, 0.25) is 0 Å². The van der Waals surface area contributed by atoms with E-state index in [9.17, 15) is 4.79 Å². The maximum absolute atomic E-state index is 11.2. The largest absolute Gasteiger partial charge is 0.481 e. The molecule has 4 heteroatoms. The molecule has 0 bridgehead atoms. The number of pyridine rings is 1. The van der Waals surface area contributed by atoms with Crippen LogP contribution in [0.15, 0.2) is 35.1 Å². The Morgan fingerprint density at radius 1 is 1.44 bits per heavy atom. The summed E-state index contributed by atoms with van der Waals surface area (Å²) in [4.78, 5) is 15.2. The van der Waals surface area contributed by atoms with E-state index in [2.05, 4.69) is 20.9 Å². The zero-order valence-electron chi connectivity index (χ0n) is 10.3. The number of benzene rings is 1. The van der Waals surface area contributed by atoms with Crippen LogP contribution >= 0.6 is 15.9 Å². The van der Waals surface area contributed by atoms with Gasteiger partial charge < -0.3 is 5.11 Å². The van der Waals surface area contributed by atoms with E-state index in [1.165, 1.54) is 0 Å². The smallest absolute Gasteiger partial charge is 0.309 e. The molecule has 1 aromatic heterocycles. The third-order valence-electron chi connectivity index (χ3n) is 2.99. The van der Waals surface area contributed by atoms with Crippen LogP contribution in [0.5, 0.6) is 0 Å². The fourth-order valence-corrected chi connectivity index (χ4v) is 2.53. The maximum atomic E-state index is 11.2. The van der Waals surface area contributed by atoms with Gasteiger partial charge in [0.1, 0.15) is 0 Å². The number of hydrogen-bond donors (Lipinski definition) is 1. The number of carboxylic acid groups (broad SMARTS) is 1. The van der Waals surface area contributed by atoms with E-state index >= 15 is 0 Å². The van der Waals surface area contributed by atoms with Crippen molar-refractivity contribution in [2.45, 2.75) is 20.3 Å². The molecule has 0 atom stereocenters. The first kappa shape index (κ1) is 13.0. The topological polar surface area (TPSA) is 50.2 Å². The molecule has 3 nitrogen and oxygen atoms in total. The molecule has 1 aromatic carbocycles. The van der Waals surface area contributed by atoms with Crippen LogP contribution in [0.1, 0.15) is 19.4 Å². The van der Waals surface area contributed by atoms with Crippen LogP contribution in [0, 0.1) is 5.41 Å². The highest BCUT2D eigenvalue weighted by Crippen LogP contribution is 2.29. The lowest BCUT2D eigenvalue weighted by Crippen LogP contribution is -2.26. The van der Waals surface area contributed by atoms with Gasteiger partial charge in [0, 0.05) is 22.3 Å². The molecular weight excluding hydrogens is 294 g/mol. The van der Waals surface area contributed by atoms with Gasteiger partial charge >= 0.3 is 5.97 Å². The Hall–Kier alpha value is -1.42. The average molecular weight is 308 g/mol. The third-order valence-corrected chi connectivity index (χ3v) is 3.65. The summed E-state index contributed by atoms with van der Waals surface area (Å²) in [6.07, 6.45) is 4.03. The molecule has 0 amide bonds. The van der Waals surface area contributed by atoms with E-state index in [0.29, 0.717) is 6.42 Å². The van der Waals surface area contributed by atoms with Crippen molar-refractivity contribution in [2.75, 3.05) is 0 Å². The monoisotopic (exact) mass is 307 g/mol. The van der Waals surface area contributed by atoms with Gasteiger partial charge in [-0.1, -0.05) is 22.0 Å². The van der Waals surface area contributed by atoms with Crippen molar-refractivity contribution >= 4 is 32.7 Å². The van der Waals surface area contributed by atoms with E-state index in [1.54, 1.807) is 26.2 Å². The molecule has 18 heavy (non-hydrogen) atoms. The van der Waals surface area contributed by atoms with Gasteiger partial charge in [-0.15, -0.1) is 0 Å². The van der Waals surface area contributed by atoms with Crippen LogP contribution in [0.3, 0.4) is 0 Å². The summed E-state index contributed by atoms with van der Waals surface area (Å²) in [6.45, 7) is 3.47.